The van der Waals surface area contributed by atoms with Gasteiger partial charge in [-0.1, -0.05) is 37.5 Å². The number of carbonyl (C=O) groups is 1. The lowest BCUT2D eigenvalue weighted by Crippen LogP contribution is -2.37. The molecule has 0 atom stereocenters. The third-order valence-electron chi connectivity index (χ3n) is 4.24. The maximum absolute atomic E-state index is 12.5. The van der Waals surface area contributed by atoms with Gasteiger partial charge in [-0.3, -0.25) is 4.79 Å². The van der Waals surface area contributed by atoms with Crippen LogP contribution in [0.3, 0.4) is 0 Å². The van der Waals surface area contributed by atoms with Gasteiger partial charge < -0.3 is 10.6 Å². The number of hydrogen-bond donors (Lipinski definition) is 1. The molecule has 0 unspecified atom stereocenters. The van der Waals surface area contributed by atoms with Crippen molar-refractivity contribution in [2.75, 3.05) is 18.8 Å². The molecule has 1 aliphatic rings. The SMILES string of the molecule is C=CCN(CC1CCCCC1)C(=O)Cc1ccc(N)cc1. The first kappa shape index (κ1) is 15.6. The Balaban J connectivity index is 1.94. The molecule has 3 nitrogen and oxygen atoms in total. The van der Waals surface area contributed by atoms with Crippen LogP contribution in [0, 0.1) is 5.92 Å². The predicted octanol–water partition coefficient (Wildman–Crippen LogP) is 3.41. The Labute approximate surface area is 127 Å². The first-order valence-electron chi connectivity index (χ1n) is 7.92. The molecule has 1 fully saturated rings. The molecule has 1 aromatic carbocycles. The van der Waals surface area contributed by atoms with Gasteiger partial charge in [0.05, 0.1) is 6.42 Å². The van der Waals surface area contributed by atoms with E-state index in [1.807, 2.05) is 35.2 Å². The molecule has 0 heterocycles. The van der Waals surface area contributed by atoms with Gasteiger partial charge in [-0.05, 0) is 36.5 Å². The van der Waals surface area contributed by atoms with Crippen LogP contribution in [-0.4, -0.2) is 23.9 Å². The molecule has 1 amide bonds. The van der Waals surface area contributed by atoms with Crippen molar-refractivity contribution in [2.45, 2.75) is 38.5 Å². The normalized spacial score (nSPS) is 15.6. The van der Waals surface area contributed by atoms with Crippen LogP contribution in [0.5, 0.6) is 0 Å². The van der Waals surface area contributed by atoms with Crippen molar-refractivity contribution in [1.82, 2.24) is 4.90 Å². The topological polar surface area (TPSA) is 46.3 Å². The minimum Gasteiger partial charge on any atom is -0.399 e. The molecule has 0 bridgehead atoms. The third kappa shape index (κ3) is 4.92. The second-order valence-electron chi connectivity index (χ2n) is 6.01. The van der Waals surface area contributed by atoms with Gasteiger partial charge in [0, 0.05) is 18.8 Å². The third-order valence-corrected chi connectivity index (χ3v) is 4.24. The summed E-state index contributed by atoms with van der Waals surface area (Å²) in [5, 5.41) is 0. The summed E-state index contributed by atoms with van der Waals surface area (Å²) in [7, 11) is 0. The van der Waals surface area contributed by atoms with E-state index in [0.29, 0.717) is 18.9 Å². The van der Waals surface area contributed by atoms with E-state index in [1.165, 1.54) is 32.1 Å². The molecule has 114 valence electrons. The largest absolute Gasteiger partial charge is 0.399 e. The summed E-state index contributed by atoms with van der Waals surface area (Å²) in [4.78, 5) is 14.5. The van der Waals surface area contributed by atoms with Crippen LogP contribution >= 0.6 is 0 Å². The maximum Gasteiger partial charge on any atom is 0.227 e. The zero-order valence-electron chi connectivity index (χ0n) is 12.8. The summed E-state index contributed by atoms with van der Waals surface area (Å²) in [6.07, 6.45) is 8.73. The minimum absolute atomic E-state index is 0.185. The predicted molar refractivity (Wildman–Crippen MR) is 87.9 cm³/mol. The number of rotatable bonds is 6. The van der Waals surface area contributed by atoms with Crippen LogP contribution in [-0.2, 0) is 11.2 Å². The zero-order valence-corrected chi connectivity index (χ0v) is 12.8. The Morgan fingerprint density at radius 2 is 1.90 bits per heavy atom. The van der Waals surface area contributed by atoms with E-state index in [4.69, 9.17) is 5.73 Å². The number of nitrogen functional groups attached to an aromatic ring is 1. The molecule has 3 heteroatoms. The highest BCUT2D eigenvalue weighted by molar-refractivity contribution is 5.79. The van der Waals surface area contributed by atoms with E-state index in [0.717, 1.165) is 17.8 Å². The second-order valence-corrected chi connectivity index (χ2v) is 6.01. The molecule has 1 saturated carbocycles. The van der Waals surface area contributed by atoms with E-state index in [-0.39, 0.29) is 5.91 Å². The molecule has 1 aromatic rings. The lowest BCUT2D eigenvalue weighted by Gasteiger charge is -2.29. The fourth-order valence-electron chi connectivity index (χ4n) is 3.04. The fraction of sp³-hybridized carbons (Fsp3) is 0.500. The number of hydrogen-bond acceptors (Lipinski definition) is 2. The van der Waals surface area contributed by atoms with Gasteiger partial charge in [0.2, 0.25) is 5.91 Å². The van der Waals surface area contributed by atoms with Gasteiger partial charge in [-0.25, -0.2) is 0 Å². The number of nitrogens with zero attached hydrogens (tertiary/aromatic N) is 1. The summed E-state index contributed by atoms with van der Waals surface area (Å²) < 4.78 is 0. The van der Waals surface area contributed by atoms with Gasteiger partial charge in [0.15, 0.2) is 0 Å². The highest BCUT2D eigenvalue weighted by Crippen LogP contribution is 2.24. The fourth-order valence-corrected chi connectivity index (χ4v) is 3.04. The van der Waals surface area contributed by atoms with Crippen molar-refractivity contribution in [2.24, 2.45) is 5.92 Å². The van der Waals surface area contributed by atoms with Gasteiger partial charge in [0.25, 0.3) is 0 Å². The second kappa shape index (κ2) is 7.87. The Morgan fingerprint density at radius 3 is 2.52 bits per heavy atom. The zero-order chi connectivity index (χ0) is 15.1. The van der Waals surface area contributed by atoms with Gasteiger partial charge in [-0.15, -0.1) is 6.58 Å². The lowest BCUT2D eigenvalue weighted by atomic mass is 9.89. The van der Waals surface area contributed by atoms with Crippen molar-refractivity contribution in [1.29, 1.82) is 0 Å². The van der Waals surface area contributed by atoms with E-state index in [9.17, 15) is 4.79 Å². The monoisotopic (exact) mass is 286 g/mol. The highest BCUT2D eigenvalue weighted by Gasteiger charge is 2.20. The Kier molecular flexibility index (Phi) is 5.85. The van der Waals surface area contributed by atoms with E-state index < -0.39 is 0 Å². The molecular weight excluding hydrogens is 260 g/mol. The van der Waals surface area contributed by atoms with Gasteiger partial charge >= 0.3 is 0 Å². The quantitative estimate of drug-likeness (QED) is 0.643. The molecule has 0 saturated heterocycles. The van der Waals surface area contributed by atoms with E-state index in [1.54, 1.807) is 0 Å². The lowest BCUT2D eigenvalue weighted by molar-refractivity contribution is -0.130. The summed E-state index contributed by atoms with van der Waals surface area (Å²) in [6, 6.07) is 7.56. The van der Waals surface area contributed by atoms with Crippen molar-refractivity contribution in [3.05, 3.63) is 42.5 Å². The summed E-state index contributed by atoms with van der Waals surface area (Å²) in [5.74, 6) is 0.847. The minimum atomic E-state index is 0.185. The highest BCUT2D eigenvalue weighted by atomic mass is 16.2. The van der Waals surface area contributed by atoms with Crippen LogP contribution in [0.1, 0.15) is 37.7 Å². The smallest absolute Gasteiger partial charge is 0.227 e. The average Bonchev–Trinajstić information content (AvgIpc) is 2.50. The van der Waals surface area contributed by atoms with Crippen LogP contribution in [0.2, 0.25) is 0 Å². The van der Waals surface area contributed by atoms with Crippen molar-refractivity contribution < 1.29 is 4.79 Å². The molecule has 1 aliphatic carbocycles. The van der Waals surface area contributed by atoms with Gasteiger partial charge in [-0.2, -0.15) is 0 Å². The summed E-state index contributed by atoms with van der Waals surface area (Å²) >= 11 is 0. The number of carbonyl (C=O) groups excluding carboxylic acids is 1. The van der Waals surface area contributed by atoms with Crippen LogP contribution < -0.4 is 5.73 Å². The molecule has 0 radical (unpaired) electrons. The summed E-state index contributed by atoms with van der Waals surface area (Å²) in [6.45, 7) is 5.30. The maximum atomic E-state index is 12.5. The Hall–Kier alpha value is -1.77. The number of anilines is 1. The molecule has 21 heavy (non-hydrogen) atoms. The van der Waals surface area contributed by atoms with Gasteiger partial charge in [0.1, 0.15) is 0 Å². The van der Waals surface area contributed by atoms with Crippen LogP contribution in [0.4, 0.5) is 5.69 Å². The molecule has 2 N–H and O–H groups in total. The van der Waals surface area contributed by atoms with Crippen molar-refractivity contribution >= 4 is 11.6 Å². The molecule has 2 rings (SSSR count). The number of nitrogens with two attached hydrogens (primary N) is 1. The Morgan fingerprint density at radius 1 is 1.24 bits per heavy atom. The standard InChI is InChI=1S/C18H26N2O/c1-2-12-20(14-16-6-4-3-5-7-16)18(21)13-15-8-10-17(19)11-9-15/h2,8-11,16H,1,3-7,12-14,19H2. The van der Waals surface area contributed by atoms with Crippen LogP contribution in [0.25, 0.3) is 0 Å². The van der Waals surface area contributed by atoms with Crippen molar-refractivity contribution in [3.8, 4) is 0 Å². The first-order chi connectivity index (χ1) is 10.2. The molecular formula is C18H26N2O. The summed E-state index contributed by atoms with van der Waals surface area (Å²) in [5.41, 5.74) is 7.43. The average molecular weight is 286 g/mol. The van der Waals surface area contributed by atoms with Crippen LogP contribution in [0.15, 0.2) is 36.9 Å². The number of amides is 1. The molecule has 0 aromatic heterocycles. The number of benzene rings is 1. The molecule has 0 spiro atoms. The van der Waals surface area contributed by atoms with E-state index >= 15 is 0 Å². The Bertz CT molecular complexity index is 461. The van der Waals surface area contributed by atoms with Crippen molar-refractivity contribution in [3.63, 3.8) is 0 Å². The van der Waals surface area contributed by atoms with E-state index in [2.05, 4.69) is 6.58 Å². The molecule has 0 aliphatic heterocycles. The first-order valence-corrected chi connectivity index (χ1v) is 7.92.